The third-order valence-electron chi connectivity index (χ3n) is 3.32. The monoisotopic (exact) mass is 278 g/mol. The average Bonchev–Trinajstić information content (AvgIpc) is 2.74. The number of carbonyl (C=O) groups excluding carboxylic acids is 1. The second-order valence-corrected chi connectivity index (χ2v) is 4.76. The van der Waals surface area contributed by atoms with Crippen molar-refractivity contribution in [2.45, 2.75) is 25.7 Å². The van der Waals surface area contributed by atoms with Gasteiger partial charge in [0, 0.05) is 19.3 Å². The molecule has 1 aliphatic rings. The van der Waals surface area contributed by atoms with Gasteiger partial charge < -0.3 is 14.7 Å². The van der Waals surface area contributed by atoms with Gasteiger partial charge in [-0.3, -0.25) is 9.78 Å². The summed E-state index contributed by atoms with van der Waals surface area (Å²) in [4.78, 5) is 28.7. The first kappa shape index (κ1) is 14.3. The van der Waals surface area contributed by atoms with Crippen molar-refractivity contribution in [2.24, 2.45) is 0 Å². The molecule has 0 unspecified atom stereocenters. The number of carboxylic acids is 1. The fraction of sp³-hybridized carbons (Fsp3) is 0.500. The van der Waals surface area contributed by atoms with Crippen molar-refractivity contribution < 1.29 is 19.4 Å². The summed E-state index contributed by atoms with van der Waals surface area (Å²) in [7, 11) is 0. The molecule has 1 saturated heterocycles. The molecule has 1 aromatic rings. The molecule has 0 spiro atoms. The average molecular weight is 278 g/mol. The highest BCUT2D eigenvalue weighted by atomic mass is 16.5. The number of hydrogen-bond donors (Lipinski definition) is 1. The standard InChI is InChI=1S/C14H18N2O4/c17-13(16-7-3-1-2-4-8-16)10-20-12-9-15-6-5-11(12)14(18)19/h5-6,9H,1-4,7-8,10H2,(H,18,19). The molecule has 0 atom stereocenters. The van der Waals surface area contributed by atoms with Gasteiger partial charge in [-0.15, -0.1) is 0 Å². The van der Waals surface area contributed by atoms with E-state index in [1.807, 2.05) is 0 Å². The van der Waals surface area contributed by atoms with Crippen LogP contribution in [0.1, 0.15) is 36.0 Å². The van der Waals surface area contributed by atoms with Crippen LogP contribution in [0.5, 0.6) is 5.75 Å². The maximum absolute atomic E-state index is 12.0. The molecule has 1 amide bonds. The summed E-state index contributed by atoms with van der Waals surface area (Å²) < 4.78 is 5.32. The van der Waals surface area contributed by atoms with Crippen LogP contribution in [0.3, 0.4) is 0 Å². The number of aromatic carboxylic acids is 1. The number of likely N-dealkylation sites (tertiary alicyclic amines) is 1. The number of pyridine rings is 1. The molecule has 1 fully saturated rings. The highest BCUT2D eigenvalue weighted by molar-refractivity contribution is 5.90. The summed E-state index contributed by atoms with van der Waals surface area (Å²) in [5, 5.41) is 9.01. The Morgan fingerprint density at radius 3 is 2.60 bits per heavy atom. The number of rotatable bonds is 4. The predicted molar refractivity (Wildman–Crippen MR) is 71.7 cm³/mol. The second kappa shape index (κ2) is 6.88. The zero-order valence-corrected chi connectivity index (χ0v) is 11.2. The number of carboxylic acid groups (broad SMARTS) is 1. The zero-order valence-electron chi connectivity index (χ0n) is 11.2. The Morgan fingerprint density at radius 2 is 1.95 bits per heavy atom. The largest absolute Gasteiger partial charge is 0.481 e. The number of ether oxygens (including phenoxy) is 1. The van der Waals surface area contributed by atoms with Crippen LogP contribution in [0.2, 0.25) is 0 Å². The van der Waals surface area contributed by atoms with Crippen LogP contribution in [-0.4, -0.2) is 46.6 Å². The summed E-state index contributed by atoms with van der Waals surface area (Å²) in [5.41, 5.74) is 0.0173. The lowest BCUT2D eigenvalue weighted by Gasteiger charge is -2.20. The van der Waals surface area contributed by atoms with Crippen molar-refractivity contribution in [3.05, 3.63) is 24.0 Å². The Labute approximate surface area is 117 Å². The van der Waals surface area contributed by atoms with Crippen molar-refractivity contribution in [1.82, 2.24) is 9.88 Å². The maximum Gasteiger partial charge on any atom is 0.339 e. The van der Waals surface area contributed by atoms with Gasteiger partial charge in [-0.05, 0) is 18.9 Å². The molecular formula is C14H18N2O4. The fourth-order valence-corrected chi connectivity index (χ4v) is 2.22. The second-order valence-electron chi connectivity index (χ2n) is 4.76. The molecule has 0 bridgehead atoms. The first-order valence-corrected chi connectivity index (χ1v) is 6.76. The predicted octanol–water partition coefficient (Wildman–Crippen LogP) is 1.56. The molecule has 2 heterocycles. The highest BCUT2D eigenvalue weighted by Crippen LogP contribution is 2.16. The van der Waals surface area contributed by atoms with Gasteiger partial charge in [0.1, 0.15) is 5.56 Å². The molecule has 108 valence electrons. The molecule has 0 aromatic carbocycles. The molecule has 1 aromatic heterocycles. The van der Waals surface area contributed by atoms with E-state index in [4.69, 9.17) is 9.84 Å². The quantitative estimate of drug-likeness (QED) is 0.904. The molecule has 2 rings (SSSR count). The number of nitrogens with zero attached hydrogens (tertiary/aromatic N) is 2. The topological polar surface area (TPSA) is 79.7 Å². The Kier molecular flexibility index (Phi) is 4.92. The van der Waals surface area contributed by atoms with Crippen LogP contribution in [0.25, 0.3) is 0 Å². The molecule has 0 radical (unpaired) electrons. The van der Waals surface area contributed by atoms with Gasteiger partial charge in [-0.1, -0.05) is 12.8 Å². The first-order chi connectivity index (χ1) is 9.68. The van der Waals surface area contributed by atoms with E-state index >= 15 is 0 Å². The van der Waals surface area contributed by atoms with Crippen molar-refractivity contribution >= 4 is 11.9 Å². The summed E-state index contributed by atoms with van der Waals surface area (Å²) in [6.45, 7) is 1.36. The number of aromatic nitrogens is 1. The van der Waals surface area contributed by atoms with E-state index in [2.05, 4.69) is 4.98 Å². The van der Waals surface area contributed by atoms with E-state index in [1.54, 1.807) is 4.90 Å². The van der Waals surface area contributed by atoms with Crippen molar-refractivity contribution in [3.8, 4) is 5.75 Å². The molecule has 20 heavy (non-hydrogen) atoms. The van der Waals surface area contributed by atoms with E-state index in [9.17, 15) is 9.59 Å². The lowest BCUT2D eigenvalue weighted by molar-refractivity contribution is -0.133. The van der Waals surface area contributed by atoms with E-state index in [-0.39, 0.29) is 23.8 Å². The Balaban J connectivity index is 1.94. The number of carbonyl (C=O) groups is 2. The van der Waals surface area contributed by atoms with Crippen molar-refractivity contribution in [1.29, 1.82) is 0 Å². The van der Waals surface area contributed by atoms with E-state index in [1.165, 1.54) is 18.5 Å². The van der Waals surface area contributed by atoms with E-state index < -0.39 is 5.97 Å². The minimum Gasteiger partial charge on any atom is -0.481 e. The Morgan fingerprint density at radius 1 is 1.25 bits per heavy atom. The molecular weight excluding hydrogens is 260 g/mol. The number of hydrogen-bond acceptors (Lipinski definition) is 4. The summed E-state index contributed by atoms with van der Waals surface area (Å²) in [6, 6.07) is 1.36. The Hall–Kier alpha value is -2.11. The van der Waals surface area contributed by atoms with Gasteiger partial charge in [0.05, 0.1) is 6.20 Å². The molecule has 0 saturated carbocycles. The van der Waals surface area contributed by atoms with Crippen LogP contribution in [0.4, 0.5) is 0 Å². The normalized spacial score (nSPS) is 15.5. The van der Waals surface area contributed by atoms with Crippen molar-refractivity contribution in [3.63, 3.8) is 0 Å². The molecule has 1 N–H and O–H groups in total. The lowest BCUT2D eigenvalue weighted by atomic mass is 10.2. The molecule has 0 aliphatic carbocycles. The smallest absolute Gasteiger partial charge is 0.339 e. The van der Waals surface area contributed by atoms with Crippen LogP contribution < -0.4 is 4.74 Å². The van der Waals surface area contributed by atoms with E-state index in [0.29, 0.717) is 0 Å². The Bertz CT molecular complexity index is 482. The number of amides is 1. The van der Waals surface area contributed by atoms with Gasteiger partial charge in [0.25, 0.3) is 5.91 Å². The molecule has 6 nitrogen and oxygen atoms in total. The van der Waals surface area contributed by atoms with Gasteiger partial charge >= 0.3 is 5.97 Å². The third kappa shape index (κ3) is 3.69. The van der Waals surface area contributed by atoms with Crippen LogP contribution in [-0.2, 0) is 4.79 Å². The molecule has 1 aliphatic heterocycles. The summed E-state index contributed by atoms with van der Waals surface area (Å²) in [5.74, 6) is -1.07. The maximum atomic E-state index is 12.0. The van der Waals surface area contributed by atoms with E-state index in [0.717, 1.165) is 38.8 Å². The van der Waals surface area contributed by atoms with Gasteiger partial charge in [0.2, 0.25) is 0 Å². The highest BCUT2D eigenvalue weighted by Gasteiger charge is 2.17. The zero-order chi connectivity index (χ0) is 14.4. The minimum absolute atomic E-state index is 0.0173. The molecule has 6 heteroatoms. The fourth-order valence-electron chi connectivity index (χ4n) is 2.22. The summed E-state index contributed by atoms with van der Waals surface area (Å²) in [6.07, 6.45) is 7.02. The minimum atomic E-state index is -1.09. The van der Waals surface area contributed by atoms with Crippen LogP contribution >= 0.6 is 0 Å². The lowest BCUT2D eigenvalue weighted by Crippen LogP contribution is -2.35. The van der Waals surface area contributed by atoms with Crippen LogP contribution in [0, 0.1) is 0 Å². The van der Waals surface area contributed by atoms with Crippen LogP contribution in [0.15, 0.2) is 18.5 Å². The van der Waals surface area contributed by atoms with Gasteiger partial charge in [-0.25, -0.2) is 4.79 Å². The van der Waals surface area contributed by atoms with Gasteiger partial charge in [0.15, 0.2) is 12.4 Å². The first-order valence-electron chi connectivity index (χ1n) is 6.76. The summed E-state index contributed by atoms with van der Waals surface area (Å²) >= 11 is 0. The van der Waals surface area contributed by atoms with Gasteiger partial charge in [-0.2, -0.15) is 0 Å². The third-order valence-corrected chi connectivity index (χ3v) is 3.32. The van der Waals surface area contributed by atoms with Crippen molar-refractivity contribution in [2.75, 3.05) is 19.7 Å². The SMILES string of the molecule is O=C(O)c1ccncc1OCC(=O)N1CCCCCC1.